The molecule has 1 atom stereocenters. The highest BCUT2D eigenvalue weighted by atomic mass is 127. The molecule has 0 bridgehead atoms. The minimum atomic E-state index is -0.198. The van der Waals surface area contributed by atoms with Crippen molar-refractivity contribution in [3.8, 4) is 0 Å². The van der Waals surface area contributed by atoms with Crippen molar-refractivity contribution in [1.29, 1.82) is 0 Å². The maximum Gasteiger partial charge on any atom is 0.277 e. The van der Waals surface area contributed by atoms with E-state index < -0.39 is 0 Å². The van der Waals surface area contributed by atoms with E-state index in [1.807, 2.05) is 6.92 Å². The zero-order valence-electron chi connectivity index (χ0n) is 8.28. The van der Waals surface area contributed by atoms with Gasteiger partial charge in [0.1, 0.15) is 4.05 Å². The second kappa shape index (κ2) is 3.58. The van der Waals surface area contributed by atoms with E-state index in [9.17, 15) is 9.59 Å². The molecule has 0 spiro atoms. The Balaban J connectivity index is 2.54. The van der Waals surface area contributed by atoms with Gasteiger partial charge in [0, 0.05) is 13.5 Å². The first-order valence-corrected chi connectivity index (χ1v) is 5.78. The molecule has 80 valence electrons. The summed E-state index contributed by atoms with van der Waals surface area (Å²) >= 11 is 2.11. The first-order valence-electron chi connectivity index (χ1n) is 4.53. The molecule has 0 saturated carbocycles. The van der Waals surface area contributed by atoms with Gasteiger partial charge in [0.2, 0.25) is 5.76 Å². The smallest absolute Gasteiger partial charge is 0.277 e. The average Bonchev–Trinajstić information content (AvgIpc) is 2.69. The highest BCUT2D eigenvalue weighted by Gasteiger charge is 2.41. The van der Waals surface area contributed by atoms with Gasteiger partial charge in [-0.15, -0.1) is 0 Å². The van der Waals surface area contributed by atoms with Gasteiger partial charge in [-0.2, -0.15) is 0 Å². The molecule has 0 aromatic carbocycles. The first-order chi connectivity index (χ1) is 7.07. The topological polar surface area (TPSA) is 63.4 Å². The minimum Gasteiger partial charge on any atom is -0.352 e. The Kier molecular flexibility index (Phi) is 2.53. The Morgan fingerprint density at radius 1 is 1.67 bits per heavy atom. The summed E-state index contributed by atoms with van der Waals surface area (Å²) in [5.41, 5.74) is 0.899. The van der Waals surface area contributed by atoms with Crippen molar-refractivity contribution < 1.29 is 14.1 Å². The van der Waals surface area contributed by atoms with Gasteiger partial charge in [0.15, 0.2) is 11.5 Å². The number of amides is 1. The van der Waals surface area contributed by atoms with Gasteiger partial charge in [-0.25, -0.2) is 0 Å². The fourth-order valence-electron chi connectivity index (χ4n) is 1.63. The zero-order chi connectivity index (χ0) is 11.2. The molecule has 0 aliphatic carbocycles. The van der Waals surface area contributed by atoms with Crippen LogP contribution >= 0.6 is 22.6 Å². The summed E-state index contributed by atoms with van der Waals surface area (Å²) in [5, 5.41) is 3.66. The fourth-order valence-corrected chi connectivity index (χ4v) is 2.85. The van der Waals surface area contributed by atoms with E-state index in [2.05, 4.69) is 27.7 Å². The Morgan fingerprint density at radius 2 is 2.33 bits per heavy atom. The van der Waals surface area contributed by atoms with Crippen LogP contribution in [0.1, 0.15) is 44.5 Å². The summed E-state index contributed by atoms with van der Waals surface area (Å²) in [6.07, 6.45) is 0. The number of ketones is 1. The van der Waals surface area contributed by atoms with Gasteiger partial charge in [-0.05, 0) is 6.92 Å². The molecule has 0 fully saturated rings. The monoisotopic (exact) mass is 320 g/mol. The van der Waals surface area contributed by atoms with Crippen LogP contribution in [0.15, 0.2) is 4.52 Å². The van der Waals surface area contributed by atoms with Crippen LogP contribution in [0.3, 0.4) is 0 Å². The highest BCUT2D eigenvalue weighted by molar-refractivity contribution is 14.1. The van der Waals surface area contributed by atoms with Crippen molar-refractivity contribution in [2.24, 2.45) is 0 Å². The van der Waals surface area contributed by atoms with Gasteiger partial charge >= 0.3 is 0 Å². The normalized spacial score (nSPS) is 19.5. The molecule has 1 aromatic heterocycles. The Hall–Kier alpha value is -0.920. The van der Waals surface area contributed by atoms with Crippen LogP contribution in [-0.4, -0.2) is 28.3 Å². The predicted octanol–water partition coefficient (Wildman–Crippen LogP) is 1.79. The highest BCUT2D eigenvalue weighted by Crippen LogP contribution is 2.39. The lowest BCUT2D eigenvalue weighted by Crippen LogP contribution is -2.25. The van der Waals surface area contributed by atoms with Crippen LogP contribution in [0, 0.1) is 0 Å². The summed E-state index contributed by atoms with van der Waals surface area (Å²) in [5.74, 6) is -0.159. The number of carbonyl (C=O) groups is 2. The van der Waals surface area contributed by atoms with E-state index in [-0.39, 0.29) is 27.2 Å². The molecule has 1 aliphatic heterocycles. The van der Waals surface area contributed by atoms with E-state index in [1.165, 1.54) is 6.92 Å². The third kappa shape index (κ3) is 1.38. The Morgan fingerprint density at radius 3 is 2.87 bits per heavy atom. The Labute approximate surface area is 99.9 Å². The SMILES string of the molecule is CCN1C(=O)c2noc(C(C)=O)c2C1I. The molecule has 1 unspecified atom stereocenters. The van der Waals surface area contributed by atoms with Crippen molar-refractivity contribution in [2.75, 3.05) is 6.54 Å². The van der Waals surface area contributed by atoms with Gasteiger partial charge in [0.05, 0.1) is 5.56 Å². The number of hydrogen-bond donors (Lipinski definition) is 0. The average molecular weight is 320 g/mol. The molecule has 1 amide bonds. The molecule has 0 radical (unpaired) electrons. The quantitative estimate of drug-likeness (QED) is 0.361. The van der Waals surface area contributed by atoms with E-state index in [4.69, 9.17) is 4.52 Å². The van der Waals surface area contributed by atoms with Crippen molar-refractivity contribution in [1.82, 2.24) is 10.1 Å². The van der Waals surface area contributed by atoms with Crippen LogP contribution in [0.4, 0.5) is 0 Å². The lowest BCUT2D eigenvalue weighted by Gasteiger charge is -2.17. The van der Waals surface area contributed by atoms with Gasteiger partial charge in [0.25, 0.3) is 5.91 Å². The molecular weight excluding hydrogens is 311 g/mol. The van der Waals surface area contributed by atoms with Crippen LogP contribution < -0.4 is 0 Å². The summed E-state index contributed by atoms with van der Waals surface area (Å²) in [6.45, 7) is 3.89. The number of rotatable bonds is 2. The number of halogens is 1. The largest absolute Gasteiger partial charge is 0.352 e. The van der Waals surface area contributed by atoms with E-state index >= 15 is 0 Å². The number of fused-ring (bicyclic) bond motifs is 1. The van der Waals surface area contributed by atoms with Crippen LogP contribution in [0.5, 0.6) is 0 Å². The predicted molar refractivity (Wildman–Crippen MR) is 60.0 cm³/mol. The molecule has 6 heteroatoms. The second-order valence-corrected chi connectivity index (χ2v) is 4.44. The van der Waals surface area contributed by atoms with Crippen molar-refractivity contribution in [3.05, 3.63) is 17.0 Å². The number of nitrogens with zero attached hydrogens (tertiary/aromatic N) is 2. The van der Waals surface area contributed by atoms with Crippen LogP contribution in [-0.2, 0) is 0 Å². The summed E-state index contributed by atoms with van der Waals surface area (Å²) in [4.78, 5) is 24.7. The summed E-state index contributed by atoms with van der Waals surface area (Å²) in [6, 6.07) is 0. The number of alkyl halides is 1. The molecule has 0 N–H and O–H groups in total. The number of hydrogen-bond acceptors (Lipinski definition) is 4. The first kappa shape index (κ1) is 10.6. The van der Waals surface area contributed by atoms with Crippen LogP contribution in [0.2, 0.25) is 0 Å². The second-order valence-electron chi connectivity index (χ2n) is 3.26. The van der Waals surface area contributed by atoms with E-state index in [0.717, 1.165) is 0 Å². The number of carbonyl (C=O) groups excluding carboxylic acids is 2. The van der Waals surface area contributed by atoms with Gasteiger partial charge in [-0.3, -0.25) is 9.59 Å². The van der Waals surface area contributed by atoms with E-state index in [0.29, 0.717) is 12.1 Å². The lowest BCUT2D eigenvalue weighted by atomic mass is 10.2. The molecule has 2 rings (SSSR count). The van der Waals surface area contributed by atoms with Gasteiger partial charge in [-0.1, -0.05) is 27.7 Å². The summed E-state index contributed by atoms with van der Waals surface area (Å²) < 4.78 is 4.73. The van der Waals surface area contributed by atoms with Crippen molar-refractivity contribution in [2.45, 2.75) is 17.9 Å². The molecule has 1 aliphatic rings. The van der Waals surface area contributed by atoms with Crippen LogP contribution in [0.25, 0.3) is 0 Å². The maximum atomic E-state index is 11.8. The minimum absolute atomic E-state index is 0.153. The molecule has 0 saturated heterocycles. The van der Waals surface area contributed by atoms with Crippen molar-refractivity contribution in [3.63, 3.8) is 0 Å². The lowest BCUT2D eigenvalue weighted by molar-refractivity contribution is 0.0771. The zero-order valence-corrected chi connectivity index (χ0v) is 10.4. The molecule has 2 heterocycles. The van der Waals surface area contributed by atoms with Gasteiger partial charge < -0.3 is 9.42 Å². The summed E-state index contributed by atoms with van der Waals surface area (Å²) in [7, 11) is 0. The molecule has 15 heavy (non-hydrogen) atoms. The fraction of sp³-hybridized carbons (Fsp3) is 0.444. The molecule has 1 aromatic rings. The number of aromatic nitrogens is 1. The molecular formula is C9H9IN2O3. The van der Waals surface area contributed by atoms with E-state index in [1.54, 1.807) is 4.90 Å². The number of Topliss-reactive ketones (excluding diaryl/α,β-unsaturated/α-hetero) is 1. The Bertz CT molecular complexity index is 441. The maximum absolute atomic E-state index is 11.8. The molecule has 5 nitrogen and oxygen atoms in total. The third-order valence-electron chi connectivity index (χ3n) is 2.36. The third-order valence-corrected chi connectivity index (χ3v) is 3.66. The van der Waals surface area contributed by atoms with Crippen molar-refractivity contribution >= 4 is 34.3 Å². The standard InChI is InChI=1S/C9H9IN2O3/c1-3-12-8(10)5-6(9(12)14)11-15-7(5)4(2)13/h8H,3H2,1-2H3.